The van der Waals surface area contributed by atoms with Gasteiger partial charge in [0.15, 0.2) is 5.82 Å². The average Bonchev–Trinajstić information content (AvgIpc) is 2.61. The minimum atomic E-state index is -4.58. The van der Waals surface area contributed by atoms with Crippen molar-refractivity contribution >= 4 is 28.2 Å². The van der Waals surface area contributed by atoms with E-state index in [1.54, 1.807) is 24.3 Å². The van der Waals surface area contributed by atoms with Crippen LogP contribution >= 0.6 is 11.6 Å². The van der Waals surface area contributed by atoms with Gasteiger partial charge in [0.25, 0.3) is 5.56 Å². The number of anilines is 1. The second-order valence-corrected chi connectivity index (χ2v) is 5.81. The number of nitrogens with zero attached hydrogens (tertiary/aromatic N) is 4. The second kappa shape index (κ2) is 6.35. The quantitative estimate of drug-likeness (QED) is 0.679. The Morgan fingerprint density at radius 1 is 1.27 bits per heavy atom. The monoisotopic (exact) mass is 378 g/mol. The fourth-order valence-electron chi connectivity index (χ4n) is 2.52. The van der Waals surface area contributed by atoms with Gasteiger partial charge in [-0.15, -0.1) is 0 Å². The zero-order chi connectivity index (χ0) is 19.1. The fourth-order valence-corrected chi connectivity index (χ4v) is 2.80. The fraction of sp³-hybridized carbons (Fsp3) is 0.118. The average molecular weight is 379 g/mol. The topological polar surface area (TPSA) is 61.9 Å². The molecular formula is C17H10ClF3N4O. The molecule has 0 unspecified atom stereocenters. The lowest BCUT2D eigenvalue weighted by Gasteiger charge is -2.22. The largest absolute Gasteiger partial charge is 0.417 e. The Bertz CT molecular complexity index is 1100. The van der Waals surface area contributed by atoms with Gasteiger partial charge in [-0.25, -0.2) is 9.66 Å². The minimum Gasteiger partial charge on any atom is -0.267 e. The molecule has 0 saturated carbocycles. The SMILES string of the molecule is CN(c1ncc(C(F)(F)F)cc1Cl)n1cc(C#N)c2ccccc2c1=O. The zero-order valence-electron chi connectivity index (χ0n) is 13.3. The predicted molar refractivity (Wildman–Crippen MR) is 91.0 cm³/mol. The molecule has 2 aromatic heterocycles. The first kappa shape index (κ1) is 17.8. The minimum absolute atomic E-state index is 0.0547. The van der Waals surface area contributed by atoms with Gasteiger partial charge in [0.2, 0.25) is 0 Å². The third-order valence-electron chi connectivity index (χ3n) is 3.81. The number of rotatable bonds is 2. The van der Waals surface area contributed by atoms with Crippen LogP contribution in [0.3, 0.4) is 0 Å². The number of aromatic nitrogens is 2. The highest BCUT2D eigenvalue weighted by Gasteiger charge is 2.32. The van der Waals surface area contributed by atoms with E-state index < -0.39 is 17.3 Å². The number of pyridine rings is 2. The zero-order valence-corrected chi connectivity index (χ0v) is 14.0. The van der Waals surface area contributed by atoms with E-state index in [0.29, 0.717) is 17.0 Å². The van der Waals surface area contributed by atoms with Gasteiger partial charge in [-0.2, -0.15) is 18.4 Å². The Morgan fingerprint density at radius 3 is 2.50 bits per heavy atom. The van der Waals surface area contributed by atoms with E-state index in [1.807, 2.05) is 6.07 Å². The first-order chi connectivity index (χ1) is 12.2. The summed E-state index contributed by atoms with van der Waals surface area (Å²) in [5, 5.41) is 11.0. The van der Waals surface area contributed by atoms with E-state index >= 15 is 0 Å². The van der Waals surface area contributed by atoms with Crippen molar-refractivity contribution in [2.24, 2.45) is 0 Å². The summed E-state index contributed by atoms with van der Waals surface area (Å²) in [6.45, 7) is 0. The van der Waals surface area contributed by atoms with Crippen molar-refractivity contribution in [1.82, 2.24) is 9.66 Å². The molecule has 0 atom stereocenters. The van der Waals surface area contributed by atoms with Gasteiger partial charge in [0.1, 0.15) is 6.07 Å². The molecule has 1 aromatic carbocycles. The van der Waals surface area contributed by atoms with Gasteiger partial charge in [0, 0.05) is 24.8 Å². The van der Waals surface area contributed by atoms with Crippen LogP contribution in [0.1, 0.15) is 11.1 Å². The molecule has 0 aliphatic rings. The maximum Gasteiger partial charge on any atom is 0.417 e. The first-order valence-electron chi connectivity index (χ1n) is 7.25. The molecule has 2 heterocycles. The summed E-state index contributed by atoms with van der Waals surface area (Å²) in [4.78, 5) is 16.4. The molecule has 5 nitrogen and oxygen atoms in total. The number of hydrogen-bond acceptors (Lipinski definition) is 4. The lowest BCUT2D eigenvalue weighted by Crippen LogP contribution is -2.36. The highest BCUT2D eigenvalue weighted by molar-refractivity contribution is 6.33. The molecule has 0 fully saturated rings. The van der Waals surface area contributed by atoms with Gasteiger partial charge < -0.3 is 0 Å². The Morgan fingerprint density at radius 2 is 1.92 bits per heavy atom. The van der Waals surface area contributed by atoms with E-state index in [9.17, 15) is 23.2 Å². The maximum atomic E-state index is 12.8. The summed E-state index contributed by atoms with van der Waals surface area (Å²) in [6.07, 6.45) is -2.66. The molecule has 0 saturated heterocycles. The lowest BCUT2D eigenvalue weighted by atomic mass is 10.1. The van der Waals surface area contributed by atoms with Crippen LogP contribution < -0.4 is 10.6 Å². The highest BCUT2D eigenvalue weighted by Crippen LogP contribution is 2.33. The van der Waals surface area contributed by atoms with Crippen molar-refractivity contribution in [2.75, 3.05) is 12.1 Å². The summed E-state index contributed by atoms with van der Waals surface area (Å²) in [7, 11) is 1.42. The number of fused-ring (bicyclic) bond motifs is 1. The van der Waals surface area contributed by atoms with Crippen molar-refractivity contribution < 1.29 is 13.2 Å². The van der Waals surface area contributed by atoms with Crippen LogP contribution in [-0.2, 0) is 6.18 Å². The van der Waals surface area contributed by atoms with E-state index in [4.69, 9.17) is 11.6 Å². The van der Waals surface area contributed by atoms with Crippen LogP contribution in [0.4, 0.5) is 19.0 Å². The van der Waals surface area contributed by atoms with Crippen LogP contribution in [-0.4, -0.2) is 16.7 Å². The van der Waals surface area contributed by atoms with E-state index in [0.717, 1.165) is 10.7 Å². The van der Waals surface area contributed by atoms with Crippen molar-refractivity contribution in [2.45, 2.75) is 6.18 Å². The van der Waals surface area contributed by atoms with Gasteiger partial charge in [0.05, 0.1) is 21.5 Å². The molecule has 0 aliphatic carbocycles. The molecule has 0 amide bonds. The van der Waals surface area contributed by atoms with Crippen LogP contribution in [0.15, 0.2) is 47.5 Å². The first-order valence-corrected chi connectivity index (χ1v) is 7.63. The Hall–Kier alpha value is -3.05. The van der Waals surface area contributed by atoms with Crippen molar-refractivity contribution in [3.63, 3.8) is 0 Å². The standard InChI is InChI=1S/C17H10ClF3N4O/c1-24(15-14(18)6-11(8-23-15)17(19,20)21)25-9-10(7-22)12-4-2-3-5-13(12)16(25)26/h2-6,8-9H,1H3. The molecule has 26 heavy (non-hydrogen) atoms. The van der Waals surface area contributed by atoms with Crippen molar-refractivity contribution in [3.8, 4) is 6.07 Å². The van der Waals surface area contributed by atoms with E-state index in [2.05, 4.69) is 4.98 Å². The Labute approximate surface area is 150 Å². The number of halogens is 4. The molecule has 3 rings (SSSR count). The summed E-state index contributed by atoms with van der Waals surface area (Å²) >= 11 is 5.94. The lowest BCUT2D eigenvalue weighted by molar-refractivity contribution is -0.137. The van der Waals surface area contributed by atoms with Gasteiger partial charge in [-0.05, 0) is 12.1 Å². The molecule has 9 heteroatoms. The number of benzene rings is 1. The molecule has 0 bridgehead atoms. The smallest absolute Gasteiger partial charge is 0.267 e. The summed E-state index contributed by atoms with van der Waals surface area (Å²) < 4.78 is 39.4. The maximum absolute atomic E-state index is 12.8. The number of hydrogen-bond donors (Lipinski definition) is 0. The molecule has 132 valence electrons. The Kier molecular flexibility index (Phi) is 4.34. The third-order valence-corrected chi connectivity index (χ3v) is 4.08. The molecule has 0 N–H and O–H groups in total. The summed E-state index contributed by atoms with van der Waals surface area (Å²) in [5.41, 5.74) is -1.22. The normalized spacial score (nSPS) is 11.4. The molecule has 3 aromatic rings. The van der Waals surface area contributed by atoms with E-state index in [1.165, 1.54) is 18.3 Å². The summed E-state index contributed by atoms with van der Waals surface area (Å²) in [5.74, 6) is -0.0547. The van der Waals surface area contributed by atoms with Gasteiger partial charge in [-0.1, -0.05) is 29.8 Å². The Balaban J connectivity index is 2.17. The summed E-state index contributed by atoms with van der Waals surface area (Å²) in [6, 6.07) is 9.29. The molecular weight excluding hydrogens is 369 g/mol. The third kappa shape index (κ3) is 2.97. The van der Waals surface area contributed by atoms with Crippen molar-refractivity contribution in [1.29, 1.82) is 5.26 Å². The van der Waals surface area contributed by atoms with Crippen LogP contribution in [0, 0.1) is 11.3 Å². The molecule has 0 spiro atoms. The van der Waals surface area contributed by atoms with Crippen molar-refractivity contribution in [3.05, 3.63) is 69.2 Å². The van der Waals surface area contributed by atoms with Crippen LogP contribution in [0.25, 0.3) is 10.8 Å². The molecule has 0 radical (unpaired) electrons. The number of alkyl halides is 3. The van der Waals surface area contributed by atoms with Gasteiger partial charge >= 0.3 is 6.18 Å². The van der Waals surface area contributed by atoms with E-state index in [-0.39, 0.29) is 16.4 Å². The highest BCUT2D eigenvalue weighted by atomic mass is 35.5. The predicted octanol–water partition coefficient (Wildman–Crippen LogP) is 3.84. The molecule has 0 aliphatic heterocycles. The van der Waals surface area contributed by atoms with Crippen LogP contribution in [0.2, 0.25) is 5.02 Å². The van der Waals surface area contributed by atoms with Gasteiger partial charge in [-0.3, -0.25) is 9.80 Å². The number of nitriles is 1. The van der Waals surface area contributed by atoms with Crippen LogP contribution in [0.5, 0.6) is 0 Å². The second-order valence-electron chi connectivity index (χ2n) is 5.40.